The van der Waals surface area contributed by atoms with E-state index in [1.165, 1.54) is 7.11 Å². The second kappa shape index (κ2) is 3.80. The highest BCUT2D eigenvalue weighted by Gasteiger charge is 2.22. The van der Waals surface area contributed by atoms with E-state index >= 15 is 0 Å². The van der Waals surface area contributed by atoms with E-state index in [4.69, 9.17) is 10.3 Å². The maximum Gasteiger partial charge on any atom is 0.409 e. The average Bonchev–Trinajstić information content (AvgIpc) is 2.50. The number of hydrogen-bond donors (Lipinski definition) is 1. The normalized spacial score (nSPS) is 15.7. The first-order valence-corrected chi connectivity index (χ1v) is 4.78. The lowest BCUT2D eigenvalue weighted by Gasteiger charge is -2.17. The molecule has 1 aromatic rings. The van der Waals surface area contributed by atoms with E-state index in [2.05, 4.69) is 9.89 Å². The molecule has 0 atom stereocenters. The van der Waals surface area contributed by atoms with Crippen LogP contribution in [0.2, 0.25) is 0 Å². The van der Waals surface area contributed by atoms with Gasteiger partial charge in [-0.15, -0.1) is 0 Å². The Kier molecular flexibility index (Phi) is 2.49. The second-order valence-electron chi connectivity index (χ2n) is 3.43. The Morgan fingerprint density at radius 1 is 1.53 bits per heavy atom. The van der Waals surface area contributed by atoms with Crippen molar-refractivity contribution >= 4 is 12.0 Å². The topological polar surface area (TPSA) is 81.6 Å². The summed E-state index contributed by atoms with van der Waals surface area (Å²) in [6.45, 7) is 1.18. The maximum absolute atomic E-state index is 11.3. The van der Waals surface area contributed by atoms with Crippen LogP contribution in [0.15, 0.2) is 4.52 Å². The summed E-state index contributed by atoms with van der Waals surface area (Å²) in [7, 11) is 1.38. The van der Waals surface area contributed by atoms with Crippen LogP contribution in [0.25, 0.3) is 0 Å². The summed E-state index contributed by atoms with van der Waals surface area (Å²) in [5, 5.41) is 3.86. The molecule has 0 saturated heterocycles. The van der Waals surface area contributed by atoms with Gasteiger partial charge in [0.1, 0.15) is 0 Å². The summed E-state index contributed by atoms with van der Waals surface area (Å²) in [4.78, 5) is 12.9. The van der Waals surface area contributed by atoms with Gasteiger partial charge in [-0.25, -0.2) is 4.79 Å². The summed E-state index contributed by atoms with van der Waals surface area (Å²) in [5.41, 5.74) is 7.39. The third-order valence-corrected chi connectivity index (χ3v) is 2.58. The van der Waals surface area contributed by atoms with Crippen LogP contribution in [0, 0.1) is 0 Å². The Morgan fingerprint density at radius 2 is 2.27 bits per heavy atom. The van der Waals surface area contributed by atoms with Gasteiger partial charge in [0.15, 0.2) is 0 Å². The van der Waals surface area contributed by atoms with Gasteiger partial charge in [0, 0.05) is 25.1 Å². The molecule has 82 valence electrons. The minimum absolute atomic E-state index is 0.310. The van der Waals surface area contributed by atoms with Crippen LogP contribution in [0.3, 0.4) is 0 Å². The van der Waals surface area contributed by atoms with Crippen molar-refractivity contribution in [2.75, 3.05) is 25.9 Å². The van der Waals surface area contributed by atoms with Crippen LogP contribution in [0.4, 0.5) is 10.7 Å². The molecule has 2 heterocycles. The number of nitrogens with zero attached hydrogens (tertiary/aromatic N) is 2. The zero-order valence-electron chi connectivity index (χ0n) is 8.52. The second-order valence-corrected chi connectivity index (χ2v) is 3.43. The average molecular weight is 211 g/mol. The molecule has 6 heteroatoms. The van der Waals surface area contributed by atoms with E-state index < -0.39 is 0 Å². The molecular formula is C9H13N3O3. The Bertz CT molecular complexity index is 375. The molecule has 1 amide bonds. The number of aromatic nitrogens is 1. The van der Waals surface area contributed by atoms with Crippen molar-refractivity contribution in [3.8, 4) is 0 Å². The van der Waals surface area contributed by atoms with E-state index in [0.717, 1.165) is 11.3 Å². The molecule has 2 N–H and O–H groups in total. The third kappa shape index (κ3) is 1.74. The fourth-order valence-corrected chi connectivity index (χ4v) is 1.73. The molecule has 15 heavy (non-hydrogen) atoms. The summed E-state index contributed by atoms with van der Waals surface area (Å²) >= 11 is 0. The fourth-order valence-electron chi connectivity index (χ4n) is 1.73. The number of carbonyl (C=O) groups is 1. The largest absolute Gasteiger partial charge is 0.453 e. The van der Waals surface area contributed by atoms with Crippen molar-refractivity contribution < 1.29 is 14.1 Å². The van der Waals surface area contributed by atoms with E-state index in [9.17, 15) is 4.79 Å². The predicted molar refractivity (Wildman–Crippen MR) is 52.3 cm³/mol. The van der Waals surface area contributed by atoms with Gasteiger partial charge in [-0.3, -0.25) is 0 Å². The quantitative estimate of drug-likeness (QED) is 0.672. The lowest BCUT2D eigenvalue weighted by atomic mass is 10.1. The number of fused-ring (bicyclic) bond motifs is 1. The molecule has 1 aliphatic heterocycles. The fraction of sp³-hybridized carbons (Fsp3) is 0.556. The smallest absolute Gasteiger partial charge is 0.409 e. The predicted octanol–water partition coefficient (Wildman–Crippen LogP) is 0.424. The van der Waals surface area contributed by atoms with Crippen LogP contribution < -0.4 is 5.73 Å². The lowest BCUT2D eigenvalue weighted by molar-refractivity contribution is 0.125. The SMILES string of the molecule is COC(=O)N1CCc2noc(N)c2CC1. The highest BCUT2D eigenvalue weighted by atomic mass is 16.5. The molecule has 6 nitrogen and oxygen atoms in total. The van der Waals surface area contributed by atoms with Gasteiger partial charge in [-0.05, 0) is 6.42 Å². The molecule has 0 spiro atoms. The Hall–Kier alpha value is -1.72. The van der Waals surface area contributed by atoms with Crippen molar-refractivity contribution in [2.24, 2.45) is 0 Å². The number of amides is 1. The molecule has 0 aliphatic carbocycles. The molecule has 0 unspecified atom stereocenters. The van der Waals surface area contributed by atoms with E-state index in [0.29, 0.717) is 31.8 Å². The molecule has 0 radical (unpaired) electrons. The summed E-state index contributed by atoms with van der Waals surface area (Å²) in [5.74, 6) is 0.358. The molecule has 1 aliphatic rings. The number of rotatable bonds is 0. The minimum Gasteiger partial charge on any atom is -0.453 e. The summed E-state index contributed by atoms with van der Waals surface area (Å²) < 4.78 is 9.55. The van der Waals surface area contributed by atoms with Crippen LogP contribution in [-0.4, -0.2) is 36.3 Å². The first-order valence-electron chi connectivity index (χ1n) is 4.78. The number of nitrogen functional groups attached to an aromatic ring is 1. The highest BCUT2D eigenvalue weighted by molar-refractivity contribution is 5.67. The summed E-state index contributed by atoms with van der Waals surface area (Å²) in [6.07, 6.45) is 1.01. The first kappa shape index (κ1) is 9.82. The first-order chi connectivity index (χ1) is 7.22. The summed E-state index contributed by atoms with van der Waals surface area (Å²) in [6, 6.07) is 0. The number of hydrogen-bond acceptors (Lipinski definition) is 5. The number of nitrogens with two attached hydrogens (primary N) is 1. The zero-order chi connectivity index (χ0) is 10.8. The number of methoxy groups -OCH3 is 1. The molecule has 1 aromatic heterocycles. The van der Waals surface area contributed by atoms with Crippen molar-refractivity contribution in [1.29, 1.82) is 0 Å². The highest BCUT2D eigenvalue weighted by Crippen LogP contribution is 2.21. The van der Waals surface area contributed by atoms with Gasteiger partial charge in [0.2, 0.25) is 5.88 Å². The molecule has 0 aromatic carbocycles. The Morgan fingerprint density at radius 3 is 3.00 bits per heavy atom. The molecule has 0 saturated carbocycles. The Labute approximate surface area is 87.0 Å². The van der Waals surface area contributed by atoms with Gasteiger partial charge >= 0.3 is 6.09 Å². The number of anilines is 1. The van der Waals surface area contributed by atoms with Crippen LogP contribution >= 0.6 is 0 Å². The van der Waals surface area contributed by atoms with Gasteiger partial charge in [0.25, 0.3) is 0 Å². The van der Waals surface area contributed by atoms with Crippen molar-refractivity contribution in [3.63, 3.8) is 0 Å². The standard InChI is InChI=1S/C9H13N3O3/c1-14-9(13)12-4-2-6-7(3-5-12)11-15-8(6)10/h2-5,10H2,1H3. The van der Waals surface area contributed by atoms with Crippen LogP contribution in [0.1, 0.15) is 11.3 Å². The lowest BCUT2D eigenvalue weighted by Crippen LogP contribution is -2.33. The number of ether oxygens (including phenoxy) is 1. The van der Waals surface area contributed by atoms with E-state index in [-0.39, 0.29) is 6.09 Å². The molecule has 0 bridgehead atoms. The molecule has 0 fully saturated rings. The zero-order valence-corrected chi connectivity index (χ0v) is 8.52. The monoisotopic (exact) mass is 211 g/mol. The number of carbonyl (C=O) groups excluding carboxylic acids is 1. The Balaban J connectivity index is 2.12. The van der Waals surface area contributed by atoms with Gasteiger partial charge < -0.3 is 19.9 Å². The van der Waals surface area contributed by atoms with Gasteiger partial charge in [-0.2, -0.15) is 0 Å². The van der Waals surface area contributed by atoms with Crippen LogP contribution in [-0.2, 0) is 17.6 Å². The van der Waals surface area contributed by atoms with Crippen molar-refractivity contribution in [3.05, 3.63) is 11.3 Å². The van der Waals surface area contributed by atoms with Crippen molar-refractivity contribution in [1.82, 2.24) is 10.1 Å². The van der Waals surface area contributed by atoms with Crippen LogP contribution in [0.5, 0.6) is 0 Å². The molecular weight excluding hydrogens is 198 g/mol. The minimum atomic E-state index is -0.310. The third-order valence-electron chi connectivity index (χ3n) is 2.58. The van der Waals surface area contributed by atoms with Crippen molar-refractivity contribution in [2.45, 2.75) is 12.8 Å². The molecule has 2 rings (SSSR count). The maximum atomic E-state index is 11.3. The van der Waals surface area contributed by atoms with Gasteiger partial charge in [-0.1, -0.05) is 5.16 Å². The van der Waals surface area contributed by atoms with Gasteiger partial charge in [0.05, 0.1) is 12.8 Å². The van der Waals surface area contributed by atoms with E-state index in [1.54, 1.807) is 4.90 Å². The van der Waals surface area contributed by atoms with E-state index in [1.807, 2.05) is 0 Å².